The van der Waals surface area contributed by atoms with Crippen molar-refractivity contribution in [3.63, 3.8) is 0 Å². The molecule has 1 heterocycles. The lowest BCUT2D eigenvalue weighted by atomic mass is 10.2. The van der Waals surface area contributed by atoms with E-state index >= 15 is 0 Å². The van der Waals surface area contributed by atoms with Crippen LogP contribution in [0.15, 0.2) is 30.3 Å². The minimum Gasteiger partial charge on any atom is -0.329 e. The maximum Gasteiger partial charge on any atom is 0.320 e. The molecule has 2 rings (SSSR count). The summed E-state index contributed by atoms with van der Waals surface area (Å²) in [5.41, 5.74) is 6.68. The van der Waals surface area contributed by atoms with E-state index in [9.17, 15) is 4.79 Å². The molecule has 0 unspecified atom stereocenters. The molecule has 0 saturated carbocycles. The summed E-state index contributed by atoms with van der Waals surface area (Å²) in [6.07, 6.45) is 1.03. The van der Waals surface area contributed by atoms with Crippen LogP contribution < -0.4 is 5.73 Å². The number of carbonyl (C=O) groups excluding carboxylic acids is 1. The minimum atomic E-state index is 0.116. The molecule has 0 atom stereocenters. The van der Waals surface area contributed by atoms with E-state index in [0.717, 1.165) is 19.5 Å². The lowest BCUT2D eigenvalue weighted by molar-refractivity contribution is 0.128. The van der Waals surface area contributed by atoms with Gasteiger partial charge in [0.1, 0.15) is 0 Å². The van der Waals surface area contributed by atoms with E-state index in [-0.39, 0.29) is 6.03 Å². The van der Waals surface area contributed by atoms with Gasteiger partial charge in [0.05, 0.1) is 0 Å². The highest BCUT2D eigenvalue weighted by molar-refractivity contribution is 5.75. The minimum absolute atomic E-state index is 0.116. The number of urea groups is 1. The third-order valence-electron chi connectivity index (χ3n) is 3.01. The predicted molar refractivity (Wildman–Crippen MR) is 67.5 cm³/mol. The van der Waals surface area contributed by atoms with Crippen molar-refractivity contribution < 1.29 is 4.79 Å². The Morgan fingerprint density at radius 1 is 1.12 bits per heavy atom. The van der Waals surface area contributed by atoms with Crippen molar-refractivity contribution in [1.29, 1.82) is 0 Å². The van der Waals surface area contributed by atoms with Gasteiger partial charge in [-0.1, -0.05) is 30.3 Å². The maximum absolute atomic E-state index is 12.1. The van der Waals surface area contributed by atoms with Crippen LogP contribution in [0.1, 0.15) is 12.0 Å². The molecule has 0 spiro atoms. The second-order valence-electron chi connectivity index (χ2n) is 4.32. The van der Waals surface area contributed by atoms with Crippen LogP contribution in [0, 0.1) is 0 Å². The zero-order valence-electron chi connectivity index (χ0n) is 10.0. The summed E-state index contributed by atoms with van der Waals surface area (Å²) in [4.78, 5) is 15.9. The second-order valence-corrected chi connectivity index (χ2v) is 4.32. The van der Waals surface area contributed by atoms with Crippen molar-refractivity contribution in [2.24, 2.45) is 5.73 Å². The first-order valence-electron chi connectivity index (χ1n) is 6.09. The van der Waals surface area contributed by atoms with Crippen LogP contribution in [0.5, 0.6) is 0 Å². The molecule has 1 aliphatic heterocycles. The van der Waals surface area contributed by atoms with Crippen molar-refractivity contribution in [1.82, 2.24) is 9.80 Å². The van der Waals surface area contributed by atoms with Crippen molar-refractivity contribution in [3.8, 4) is 0 Å². The van der Waals surface area contributed by atoms with Gasteiger partial charge < -0.3 is 15.5 Å². The standard InChI is InChI=1S/C13H19N3O/c14-7-10-15-8-4-9-16(13(15)17)11-12-5-2-1-3-6-12/h1-3,5-6H,4,7-11,14H2. The van der Waals surface area contributed by atoms with Crippen LogP contribution in [0.2, 0.25) is 0 Å². The van der Waals surface area contributed by atoms with Crippen LogP contribution in [0.25, 0.3) is 0 Å². The number of nitrogens with two attached hydrogens (primary N) is 1. The van der Waals surface area contributed by atoms with Crippen LogP contribution in [-0.2, 0) is 6.54 Å². The number of rotatable bonds is 4. The van der Waals surface area contributed by atoms with E-state index in [1.165, 1.54) is 5.56 Å². The first kappa shape index (κ1) is 11.9. The third kappa shape index (κ3) is 2.97. The van der Waals surface area contributed by atoms with Gasteiger partial charge in [0.2, 0.25) is 0 Å². The van der Waals surface area contributed by atoms with Gasteiger partial charge in [-0.2, -0.15) is 0 Å². The molecule has 1 aliphatic rings. The maximum atomic E-state index is 12.1. The zero-order chi connectivity index (χ0) is 12.1. The average molecular weight is 233 g/mol. The van der Waals surface area contributed by atoms with Crippen LogP contribution in [-0.4, -0.2) is 42.0 Å². The van der Waals surface area contributed by atoms with Crippen LogP contribution in [0.3, 0.4) is 0 Å². The Balaban J connectivity index is 1.98. The summed E-state index contributed by atoms with van der Waals surface area (Å²) in [5.74, 6) is 0. The molecule has 92 valence electrons. The topological polar surface area (TPSA) is 49.6 Å². The molecule has 1 saturated heterocycles. The van der Waals surface area contributed by atoms with Gasteiger partial charge in [-0.15, -0.1) is 0 Å². The summed E-state index contributed by atoms with van der Waals surface area (Å²) in [5, 5.41) is 0. The molecule has 1 aromatic carbocycles. The lowest BCUT2D eigenvalue weighted by Gasteiger charge is -2.35. The quantitative estimate of drug-likeness (QED) is 0.851. The van der Waals surface area contributed by atoms with E-state index < -0.39 is 0 Å². The van der Waals surface area contributed by atoms with Gasteiger partial charge >= 0.3 is 6.03 Å². The molecule has 0 radical (unpaired) electrons. The van der Waals surface area contributed by atoms with Gasteiger partial charge in [0, 0.05) is 32.7 Å². The molecule has 17 heavy (non-hydrogen) atoms. The SMILES string of the molecule is NCCN1CCCN(Cc2ccccc2)C1=O. The summed E-state index contributed by atoms with van der Waals surface area (Å²) >= 11 is 0. The number of hydrogen-bond donors (Lipinski definition) is 1. The highest BCUT2D eigenvalue weighted by Crippen LogP contribution is 2.12. The first-order valence-corrected chi connectivity index (χ1v) is 6.09. The fourth-order valence-electron chi connectivity index (χ4n) is 2.16. The molecule has 2 amide bonds. The average Bonchev–Trinajstić information content (AvgIpc) is 2.36. The Kier molecular flexibility index (Phi) is 3.98. The molecule has 2 N–H and O–H groups in total. The molecule has 0 bridgehead atoms. The molecule has 0 aliphatic carbocycles. The number of nitrogens with zero attached hydrogens (tertiary/aromatic N) is 2. The van der Waals surface area contributed by atoms with Crippen molar-refractivity contribution in [3.05, 3.63) is 35.9 Å². The molecule has 4 nitrogen and oxygen atoms in total. The fourth-order valence-corrected chi connectivity index (χ4v) is 2.16. The van der Waals surface area contributed by atoms with Gasteiger partial charge in [-0.25, -0.2) is 4.79 Å². The second kappa shape index (κ2) is 5.68. The number of amides is 2. The normalized spacial score (nSPS) is 16.4. The molecular formula is C13H19N3O. The highest BCUT2D eigenvalue weighted by atomic mass is 16.2. The molecular weight excluding hydrogens is 214 g/mol. The Bertz CT molecular complexity index is 364. The Hall–Kier alpha value is -1.55. The van der Waals surface area contributed by atoms with Gasteiger partial charge in [0.15, 0.2) is 0 Å². The van der Waals surface area contributed by atoms with Gasteiger partial charge in [-0.05, 0) is 12.0 Å². The smallest absolute Gasteiger partial charge is 0.320 e. The van der Waals surface area contributed by atoms with Crippen molar-refractivity contribution in [2.45, 2.75) is 13.0 Å². The molecule has 4 heteroatoms. The van der Waals surface area contributed by atoms with E-state index in [1.807, 2.05) is 28.0 Å². The van der Waals surface area contributed by atoms with E-state index in [1.54, 1.807) is 0 Å². The predicted octanol–water partition coefficient (Wildman–Crippen LogP) is 1.27. The first-order chi connectivity index (χ1) is 8.31. The van der Waals surface area contributed by atoms with Crippen LogP contribution in [0.4, 0.5) is 4.79 Å². The number of benzene rings is 1. The van der Waals surface area contributed by atoms with Crippen LogP contribution >= 0.6 is 0 Å². The largest absolute Gasteiger partial charge is 0.329 e. The highest BCUT2D eigenvalue weighted by Gasteiger charge is 2.24. The van der Waals surface area contributed by atoms with Crippen molar-refractivity contribution >= 4 is 6.03 Å². The molecule has 1 aromatic rings. The molecule has 1 fully saturated rings. The summed E-state index contributed by atoms with van der Waals surface area (Å²) in [6.45, 7) is 3.56. The fraction of sp³-hybridized carbons (Fsp3) is 0.462. The Morgan fingerprint density at radius 3 is 2.53 bits per heavy atom. The van der Waals surface area contributed by atoms with E-state index in [2.05, 4.69) is 12.1 Å². The number of carbonyl (C=O) groups is 1. The summed E-state index contributed by atoms with van der Waals surface area (Å²) < 4.78 is 0. The van der Waals surface area contributed by atoms with E-state index in [0.29, 0.717) is 19.6 Å². The van der Waals surface area contributed by atoms with Gasteiger partial charge in [-0.3, -0.25) is 0 Å². The molecule has 0 aromatic heterocycles. The summed E-state index contributed by atoms with van der Waals surface area (Å²) in [6, 6.07) is 10.2. The summed E-state index contributed by atoms with van der Waals surface area (Å²) in [7, 11) is 0. The van der Waals surface area contributed by atoms with E-state index in [4.69, 9.17) is 5.73 Å². The lowest BCUT2D eigenvalue weighted by Crippen LogP contribution is -2.50. The van der Waals surface area contributed by atoms with Gasteiger partial charge in [0.25, 0.3) is 0 Å². The Morgan fingerprint density at radius 2 is 1.82 bits per heavy atom. The third-order valence-corrected chi connectivity index (χ3v) is 3.01. The monoisotopic (exact) mass is 233 g/mol. The van der Waals surface area contributed by atoms with Crippen molar-refractivity contribution in [2.75, 3.05) is 26.2 Å². The Labute approximate surface area is 102 Å². The number of hydrogen-bond acceptors (Lipinski definition) is 2. The zero-order valence-corrected chi connectivity index (χ0v) is 10.0.